The first-order valence-electron chi connectivity index (χ1n) is 11.7. The molecule has 1 amide bonds. The highest BCUT2D eigenvalue weighted by atomic mass is 16.6. The van der Waals surface area contributed by atoms with Crippen molar-refractivity contribution in [3.8, 4) is 0 Å². The van der Waals surface area contributed by atoms with Crippen molar-refractivity contribution >= 4 is 22.6 Å². The minimum Gasteiger partial charge on any atom is -0.444 e. The van der Waals surface area contributed by atoms with E-state index < -0.39 is 5.60 Å². The molecule has 170 valence electrons. The fourth-order valence-corrected chi connectivity index (χ4v) is 5.04. The quantitative estimate of drug-likeness (QED) is 0.385. The summed E-state index contributed by atoms with van der Waals surface area (Å²) in [5.74, 6) is 0.374. The third-order valence-corrected chi connectivity index (χ3v) is 6.59. The summed E-state index contributed by atoms with van der Waals surface area (Å²) in [6.07, 6.45) is 2.59. The molecule has 4 rings (SSSR count). The van der Waals surface area contributed by atoms with Crippen LogP contribution in [0.5, 0.6) is 0 Å². The molecule has 0 radical (unpaired) electrons. The molecule has 3 atom stereocenters. The molecule has 0 heterocycles. The van der Waals surface area contributed by atoms with Gasteiger partial charge in [0.25, 0.3) is 0 Å². The molecule has 4 heteroatoms. The number of carbonyl (C=O) groups excluding carboxylic acids is 1. The molecule has 0 saturated heterocycles. The van der Waals surface area contributed by atoms with Gasteiger partial charge in [-0.1, -0.05) is 66.7 Å². The van der Waals surface area contributed by atoms with Crippen LogP contribution in [0, 0.1) is 6.57 Å². The molecule has 1 unspecified atom stereocenters. The molecule has 0 bridgehead atoms. The minimum atomic E-state index is -0.554. The average Bonchev–Trinajstić information content (AvgIpc) is 3.27. The zero-order valence-corrected chi connectivity index (χ0v) is 19.9. The summed E-state index contributed by atoms with van der Waals surface area (Å²) in [5, 5.41) is 2.35. The maximum atomic E-state index is 13.5. The number of carbonyl (C=O) groups is 1. The lowest BCUT2D eigenvalue weighted by Crippen LogP contribution is -2.44. The van der Waals surface area contributed by atoms with Gasteiger partial charge in [0.2, 0.25) is 0 Å². The molecule has 3 aromatic carbocycles. The number of amides is 1. The third kappa shape index (κ3) is 5.03. The second-order valence-electron chi connectivity index (χ2n) is 10.00. The Kier molecular flexibility index (Phi) is 6.42. The number of hydrogen-bond acceptors (Lipinski definition) is 2. The molecule has 0 N–H and O–H groups in total. The Labute approximate surface area is 197 Å². The SMILES string of the molecule is [C-]#[N+]c1ccc([C@H]2CCC(N(C(=O)OC(C)(C)C)[C@H](C)c3cccc4ccccc34)C2)cc1. The predicted molar refractivity (Wildman–Crippen MR) is 134 cm³/mol. The van der Waals surface area contributed by atoms with Crippen LogP contribution in [-0.4, -0.2) is 22.6 Å². The van der Waals surface area contributed by atoms with Crippen molar-refractivity contribution in [1.82, 2.24) is 4.90 Å². The first-order valence-corrected chi connectivity index (χ1v) is 11.7. The van der Waals surface area contributed by atoms with E-state index in [1.54, 1.807) is 0 Å². The lowest BCUT2D eigenvalue weighted by molar-refractivity contribution is 0.00694. The summed E-state index contributed by atoms with van der Waals surface area (Å²) < 4.78 is 5.89. The summed E-state index contributed by atoms with van der Waals surface area (Å²) in [6, 6.07) is 22.5. The summed E-state index contributed by atoms with van der Waals surface area (Å²) in [5.41, 5.74) is 2.49. The van der Waals surface area contributed by atoms with Crippen molar-refractivity contribution in [2.75, 3.05) is 0 Å². The summed E-state index contributed by atoms with van der Waals surface area (Å²) >= 11 is 0. The fourth-order valence-electron chi connectivity index (χ4n) is 5.04. The number of benzene rings is 3. The number of hydrogen-bond donors (Lipinski definition) is 0. The van der Waals surface area contributed by atoms with Gasteiger partial charge in [0.15, 0.2) is 5.69 Å². The van der Waals surface area contributed by atoms with E-state index in [9.17, 15) is 4.79 Å². The molecular formula is C29H32N2O2. The first-order chi connectivity index (χ1) is 15.8. The zero-order chi connectivity index (χ0) is 23.6. The standard InChI is InChI=1S/C29H32N2O2/c1-20(26-12-8-10-22-9-6-7-11-27(22)26)31(28(32)33-29(2,3)4)25-18-15-23(19-25)21-13-16-24(30-5)17-14-21/h6-14,16-17,20,23,25H,15,18-19H2,1-4H3/t20-,23+,25?/m1/s1. The molecule has 0 aromatic heterocycles. The summed E-state index contributed by atoms with van der Waals surface area (Å²) in [6.45, 7) is 15.1. The maximum Gasteiger partial charge on any atom is 0.411 e. The van der Waals surface area contributed by atoms with Crippen LogP contribution in [0.1, 0.15) is 70.0 Å². The second kappa shape index (κ2) is 9.27. The van der Waals surface area contributed by atoms with Gasteiger partial charge in [0.05, 0.1) is 12.6 Å². The fraction of sp³-hybridized carbons (Fsp3) is 0.379. The maximum absolute atomic E-state index is 13.5. The predicted octanol–water partition coefficient (Wildman–Crippen LogP) is 8.02. The number of ether oxygens (including phenoxy) is 1. The molecular weight excluding hydrogens is 408 g/mol. The van der Waals surface area contributed by atoms with Crippen LogP contribution in [0.4, 0.5) is 10.5 Å². The van der Waals surface area contributed by atoms with Gasteiger partial charge >= 0.3 is 6.09 Å². The van der Waals surface area contributed by atoms with Crippen LogP contribution in [-0.2, 0) is 4.74 Å². The van der Waals surface area contributed by atoms with Gasteiger partial charge in [-0.2, -0.15) is 0 Å². The highest BCUT2D eigenvalue weighted by Gasteiger charge is 2.38. The smallest absolute Gasteiger partial charge is 0.411 e. The lowest BCUT2D eigenvalue weighted by Gasteiger charge is -2.37. The molecule has 1 aliphatic rings. The second-order valence-corrected chi connectivity index (χ2v) is 10.00. The van der Waals surface area contributed by atoms with Crippen LogP contribution in [0.15, 0.2) is 66.7 Å². The topological polar surface area (TPSA) is 33.9 Å². The van der Waals surface area contributed by atoms with E-state index in [2.05, 4.69) is 60.3 Å². The molecule has 0 spiro atoms. The van der Waals surface area contributed by atoms with Gasteiger partial charge in [0, 0.05) is 6.04 Å². The van der Waals surface area contributed by atoms with Crippen LogP contribution >= 0.6 is 0 Å². The van der Waals surface area contributed by atoms with E-state index in [1.165, 1.54) is 16.3 Å². The molecule has 33 heavy (non-hydrogen) atoms. The van der Waals surface area contributed by atoms with Gasteiger partial charge < -0.3 is 4.74 Å². The summed E-state index contributed by atoms with van der Waals surface area (Å²) in [4.78, 5) is 19.0. The van der Waals surface area contributed by atoms with Crippen molar-refractivity contribution in [2.24, 2.45) is 0 Å². The van der Waals surface area contributed by atoms with E-state index in [-0.39, 0.29) is 18.2 Å². The monoisotopic (exact) mass is 440 g/mol. The van der Waals surface area contributed by atoms with E-state index in [1.807, 2.05) is 43.9 Å². The number of nitrogens with zero attached hydrogens (tertiary/aromatic N) is 2. The zero-order valence-electron chi connectivity index (χ0n) is 19.9. The molecule has 0 aliphatic heterocycles. The van der Waals surface area contributed by atoms with Gasteiger partial charge in [0.1, 0.15) is 5.60 Å². The van der Waals surface area contributed by atoms with Crippen LogP contribution in [0.3, 0.4) is 0 Å². The van der Waals surface area contributed by atoms with Gasteiger partial charge in [-0.25, -0.2) is 9.64 Å². The van der Waals surface area contributed by atoms with E-state index >= 15 is 0 Å². The minimum absolute atomic E-state index is 0.0966. The summed E-state index contributed by atoms with van der Waals surface area (Å²) in [7, 11) is 0. The number of rotatable bonds is 4. The Balaban J connectivity index is 1.65. The van der Waals surface area contributed by atoms with Crippen molar-refractivity contribution in [1.29, 1.82) is 0 Å². The van der Waals surface area contributed by atoms with Gasteiger partial charge in [-0.15, -0.1) is 0 Å². The van der Waals surface area contributed by atoms with Crippen molar-refractivity contribution in [3.05, 3.63) is 89.3 Å². The Morgan fingerprint density at radius 3 is 2.42 bits per heavy atom. The van der Waals surface area contributed by atoms with Crippen LogP contribution in [0.2, 0.25) is 0 Å². The first kappa shape index (κ1) is 22.9. The van der Waals surface area contributed by atoms with E-state index in [0.29, 0.717) is 11.6 Å². The third-order valence-electron chi connectivity index (χ3n) is 6.59. The van der Waals surface area contributed by atoms with Crippen LogP contribution < -0.4 is 0 Å². The molecule has 1 aliphatic carbocycles. The van der Waals surface area contributed by atoms with Crippen LogP contribution in [0.25, 0.3) is 15.6 Å². The molecule has 1 fully saturated rings. The van der Waals surface area contributed by atoms with Gasteiger partial charge in [-0.05, 0) is 74.8 Å². The normalized spacial score (nSPS) is 19.1. The van der Waals surface area contributed by atoms with E-state index in [0.717, 1.165) is 24.8 Å². The Hall–Kier alpha value is -3.32. The van der Waals surface area contributed by atoms with Gasteiger partial charge in [-0.3, -0.25) is 4.90 Å². The molecule has 1 saturated carbocycles. The van der Waals surface area contributed by atoms with Crippen molar-refractivity contribution in [3.63, 3.8) is 0 Å². The van der Waals surface area contributed by atoms with E-state index in [4.69, 9.17) is 11.3 Å². The Bertz CT molecular complexity index is 1170. The highest BCUT2D eigenvalue weighted by molar-refractivity contribution is 5.86. The Morgan fingerprint density at radius 2 is 1.73 bits per heavy atom. The van der Waals surface area contributed by atoms with Crippen molar-refractivity contribution < 1.29 is 9.53 Å². The molecule has 3 aromatic rings. The lowest BCUT2D eigenvalue weighted by atomic mass is 9.95. The highest BCUT2D eigenvalue weighted by Crippen LogP contribution is 2.41. The molecule has 4 nitrogen and oxygen atoms in total. The van der Waals surface area contributed by atoms with Crippen molar-refractivity contribution in [2.45, 2.75) is 70.6 Å². The number of fused-ring (bicyclic) bond motifs is 1. The Morgan fingerprint density at radius 1 is 1.03 bits per heavy atom. The largest absolute Gasteiger partial charge is 0.444 e. The average molecular weight is 441 g/mol.